The average molecular weight is 352 g/mol. The molecule has 1 N–H and O–H groups in total. The van der Waals surface area contributed by atoms with Gasteiger partial charge in [0.05, 0.1) is 4.92 Å². The number of nitrogens with zero attached hydrogens (tertiary/aromatic N) is 2. The molecule has 7 nitrogen and oxygen atoms in total. The number of rotatable bonds is 4. The summed E-state index contributed by atoms with van der Waals surface area (Å²) in [6.07, 6.45) is 0.275. The Morgan fingerprint density at radius 2 is 2.10 bits per heavy atom. The molecule has 0 spiro atoms. The van der Waals surface area contributed by atoms with E-state index in [1.165, 1.54) is 6.07 Å². The van der Waals surface area contributed by atoms with Crippen molar-refractivity contribution in [2.75, 3.05) is 5.32 Å². The molecule has 8 heteroatoms. The van der Waals surface area contributed by atoms with Crippen LogP contribution in [0.3, 0.4) is 0 Å². The average Bonchev–Trinajstić information content (AvgIpc) is 2.46. The quantitative estimate of drug-likeness (QED) is 0.516. The van der Waals surface area contributed by atoms with E-state index >= 15 is 0 Å². The van der Waals surface area contributed by atoms with Crippen molar-refractivity contribution in [1.29, 1.82) is 0 Å². The van der Waals surface area contributed by atoms with Gasteiger partial charge in [-0.3, -0.25) is 15.4 Å². The lowest BCUT2D eigenvalue weighted by molar-refractivity contribution is -0.384. The van der Waals surface area contributed by atoms with Crippen LogP contribution in [-0.2, 0) is 11.3 Å². The zero-order chi connectivity index (χ0) is 15.2. The van der Waals surface area contributed by atoms with Gasteiger partial charge >= 0.3 is 11.8 Å². The predicted octanol–water partition coefficient (Wildman–Crippen LogP) is 3.50. The molecule has 1 heterocycles. The number of nitrogens with one attached hydrogen (secondary N) is 1. The van der Waals surface area contributed by atoms with Gasteiger partial charge in [-0.15, -0.1) is 0 Å². The van der Waals surface area contributed by atoms with Crippen molar-refractivity contribution in [3.8, 4) is 0 Å². The lowest BCUT2D eigenvalue weighted by atomic mass is 10.2. The van der Waals surface area contributed by atoms with Gasteiger partial charge in [0.15, 0.2) is 0 Å². The third-order valence-electron chi connectivity index (χ3n) is 2.50. The highest BCUT2D eigenvalue weighted by atomic mass is 79.9. The van der Waals surface area contributed by atoms with E-state index in [-0.39, 0.29) is 18.0 Å². The summed E-state index contributed by atoms with van der Waals surface area (Å²) in [4.78, 5) is 25.6. The number of ether oxygens (including phenoxy) is 1. The number of halogens is 1. The van der Waals surface area contributed by atoms with Gasteiger partial charge in [0.2, 0.25) is 0 Å². The molecule has 0 fully saturated rings. The van der Waals surface area contributed by atoms with Crippen LogP contribution >= 0.6 is 15.9 Å². The fourth-order valence-electron chi connectivity index (χ4n) is 1.54. The zero-order valence-corrected chi connectivity index (χ0v) is 12.2. The van der Waals surface area contributed by atoms with E-state index in [9.17, 15) is 14.9 Å². The van der Waals surface area contributed by atoms with Crippen LogP contribution in [0.15, 0.2) is 47.2 Å². The van der Waals surface area contributed by atoms with E-state index in [1.54, 1.807) is 12.1 Å². The third-order valence-corrected chi connectivity index (χ3v) is 2.93. The summed E-state index contributed by atoms with van der Waals surface area (Å²) in [6, 6.07) is 10.4. The Labute approximate surface area is 128 Å². The molecule has 0 aliphatic heterocycles. The van der Waals surface area contributed by atoms with Crippen LogP contribution in [0.1, 0.15) is 5.56 Å². The first-order valence-corrected chi connectivity index (χ1v) is 6.63. The van der Waals surface area contributed by atoms with Crippen LogP contribution in [0.25, 0.3) is 0 Å². The van der Waals surface area contributed by atoms with Crippen molar-refractivity contribution in [2.45, 2.75) is 6.61 Å². The van der Waals surface area contributed by atoms with E-state index in [4.69, 9.17) is 4.74 Å². The highest BCUT2D eigenvalue weighted by Crippen LogP contribution is 2.25. The molecule has 0 bridgehead atoms. The summed E-state index contributed by atoms with van der Waals surface area (Å²) in [6.45, 7) is 0.0761. The number of hydrogen-bond acceptors (Lipinski definition) is 5. The molecule has 0 saturated heterocycles. The van der Waals surface area contributed by atoms with Crippen molar-refractivity contribution in [3.05, 3.63) is 62.9 Å². The molecule has 0 saturated carbocycles. The Bertz CT molecular complexity index is 664. The standard InChI is InChI=1S/C13H10BrN3O4/c14-12-6-10(11(7-15-12)17(19)20)16-13(18)21-8-9-4-2-1-3-5-9/h1-7H,8H2,(H,15,16,18). The van der Waals surface area contributed by atoms with Gasteiger partial charge < -0.3 is 4.74 Å². The molecule has 0 radical (unpaired) electrons. The van der Waals surface area contributed by atoms with Crippen molar-refractivity contribution >= 4 is 33.4 Å². The van der Waals surface area contributed by atoms with E-state index < -0.39 is 11.0 Å². The summed E-state index contributed by atoms with van der Waals surface area (Å²) in [5.41, 5.74) is 0.521. The van der Waals surface area contributed by atoms with Crippen LogP contribution in [-0.4, -0.2) is 16.0 Å². The highest BCUT2D eigenvalue weighted by molar-refractivity contribution is 9.10. The second kappa shape index (κ2) is 6.80. The van der Waals surface area contributed by atoms with Crippen LogP contribution < -0.4 is 5.32 Å². The number of carbonyl (C=O) groups excluding carboxylic acids is 1. The minimum Gasteiger partial charge on any atom is -0.444 e. The molecule has 2 aromatic rings. The van der Waals surface area contributed by atoms with Gasteiger partial charge in [0, 0.05) is 6.07 Å². The first-order valence-electron chi connectivity index (χ1n) is 5.84. The summed E-state index contributed by atoms with van der Waals surface area (Å²) in [7, 11) is 0. The lowest BCUT2D eigenvalue weighted by Gasteiger charge is -2.07. The number of benzene rings is 1. The van der Waals surface area contributed by atoms with E-state index in [0.717, 1.165) is 11.8 Å². The number of nitro groups is 1. The molecule has 1 aromatic carbocycles. The molecule has 0 atom stereocenters. The molecular formula is C13H10BrN3O4. The maximum absolute atomic E-state index is 11.7. The zero-order valence-electron chi connectivity index (χ0n) is 10.7. The number of carbonyl (C=O) groups is 1. The molecule has 21 heavy (non-hydrogen) atoms. The normalized spacial score (nSPS) is 9.95. The van der Waals surface area contributed by atoms with Gasteiger partial charge in [-0.25, -0.2) is 9.78 Å². The molecule has 2 rings (SSSR count). The first-order chi connectivity index (χ1) is 10.1. The molecule has 1 aromatic heterocycles. The predicted molar refractivity (Wildman–Crippen MR) is 78.8 cm³/mol. The maximum atomic E-state index is 11.7. The van der Waals surface area contributed by atoms with Gasteiger partial charge in [0.25, 0.3) is 0 Å². The topological polar surface area (TPSA) is 94.4 Å². The number of amides is 1. The molecule has 1 amide bonds. The van der Waals surface area contributed by atoms with E-state index in [1.807, 2.05) is 18.2 Å². The van der Waals surface area contributed by atoms with Crippen LogP contribution in [0.4, 0.5) is 16.2 Å². The Kier molecular flexibility index (Phi) is 4.83. The summed E-state index contributed by atoms with van der Waals surface area (Å²) >= 11 is 3.09. The van der Waals surface area contributed by atoms with Crippen molar-refractivity contribution in [3.63, 3.8) is 0 Å². The van der Waals surface area contributed by atoms with Gasteiger partial charge in [0.1, 0.15) is 23.1 Å². The number of aromatic nitrogens is 1. The Morgan fingerprint density at radius 3 is 2.76 bits per heavy atom. The smallest absolute Gasteiger partial charge is 0.412 e. The maximum Gasteiger partial charge on any atom is 0.412 e. The van der Waals surface area contributed by atoms with Crippen molar-refractivity contribution in [2.24, 2.45) is 0 Å². The Hall–Kier alpha value is -2.48. The second-order valence-electron chi connectivity index (χ2n) is 3.97. The van der Waals surface area contributed by atoms with Gasteiger partial charge in [-0.2, -0.15) is 0 Å². The minimum absolute atomic E-state index is 0.0138. The second-order valence-corrected chi connectivity index (χ2v) is 4.78. The lowest BCUT2D eigenvalue weighted by Crippen LogP contribution is -2.14. The van der Waals surface area contributed by atoms with Crippen molar-refractivity contribution < 1.29 is 14.5 Å². The van der Waals surface area contributed by atoms with Crippen LogP contribution in [0.2, 0.25) is 0 Å². The highest BCUT2D eigenvalue weighted by Gasteiger charge is 2.17. The fourth-order valence-corrected chi connectivity index (χ4v) is 1.87. The fraction of sp³-hybridized carbons (Fsp3) is 0.0769. The Morgan fingerprint density at radius 1 is 1.38 bits per heavy atom. The number of hydrogen-bond donors (Lipinski definition) is 1. The first kappa shape index (κ1) is 14.9. The van der Waals surface area contributed by atoms with Gasteiger partial charge in [-0.1, -0.05) is 30.3 Å². The molecule has 0 aliphatic carbocycles. The Balaban J connectivity index is 2.02. The minimum atomic E-state index is -0.778. The monoisotopic (exact) mass is 351 g/mol. The van der Waals surface area contributed by atoms with E-state index in [0.29, 0.717) is 4.60 Å². The van der Waals surface area contributed by atoms with Crippen LogP contribution in [0, 0.1) is 10.1 Å². The number of pyridine rings is 1. The summed E-state index contributed by atoms with van der Waals surface area (Å²) < 4.78 is 5.37. The number of anilines is 1. The van der Waals surface area contributed by atoms with Gasteiger partial charge in [-0.05, 0) is 21.5 Å². The molecule has 0 aliphatic rings. The third kappa shape index (κ3) is 4.25. The summed E-state index contributed by atoms with van der Waals surface area (Å²) in [5, 5.41) is 13.2. The summed E-state index contributed by atoms with van der Waals surface area (Å²) in [5.74, 6) is 0. The van der Waals surface area contributed by atoms with Crippen LogP contribution in [0.5, 0.6) is 0 Å². The molecule has 108 valence electrons. The SMILES string of the molecule is O=C(Nc1cc(Br)ncc1[N+](=O)[O-])OCc1ccccc1. The largest absolute Gasteiger partial charge is 0.444 e. The molecule has 0 unspecified atom stereocenters. The molecular weight excluding hydrogens is 342 g/mol. The van der Waals surface area contributed by atoms with Crippen molar-refractivity contribution in [1.82, 2.24) is 4.98 Å². The van der Waals surface area contributed by atoms with E-state index in [2.05, 4.69) is 26.2 Å².